The minimum Gasteiger partial charge on any atom is -0.398 e. The van der Waals surface area contributed by atoms with Gasteiger partial charge in [0.05, 0.1) is 0 Å². The van der Waals surface area contributed by atoms with Crippen molar-refractivity contribution >= 4 is 5.69 Å². The standard InChI is InChI=1S/C20H19N/c1-15-9-8-14-18(20(15)21)19(16-10-4-2-5-11-16)17-12-6-3-7-13-17/h2-14,19H,21H2,1H3. The Morgan fingerprint density at radius 1 is 0.667 bits per heavy atom. The highest BCUT2D eigenvalue weighted by molar-refractivity contribution is 5.59. The predicted octanol–water partition coefficient (Wildman–Crippen LogP) is 4.76. The topological polar surface area (TPSA) is 26.0 Å². The molecule has 3 rings (SSSR count). The third-order valence-corrected chi connectivity index (χ3v) is 3.93. The van der Waals surface area contributed by atoms with E-state index in [4.69, 9.17) is 5.73 Å². The second-order valence-electron chi connectivity index (χ2n) is 5.33. The van der Waals surface area contributed by atoms with Crippen LogP contribution in [-0.2, 0) is 0 Å². The number of nitrogens with two attached hydrogens (primary N) is 1. The van der Waals surface area contributed by atoms with E-state index in [1.165, 1.54) is 16.7 Å². The normalized spacial score (nSPS) is 10.8. The van der Waals surface area contributed by atoms with Gasteiger partial charge in [0.1, 0.15) is 0 Å². The van der Waals surface area contributed by atoms with E-state index in [0.29, 0.717) is 0 Å². The zero-order chi connectivity index (χ0) is 14.7. The van der Waals surface area contributed by atoms with E-state index in [1.54, 1.807) is 0 Å². The lowest BCUT2D eigenvalue weighted by atomic mass is 9.83. The van der Waals surface area contributed by atoms with Crippen molar-refractivity contribution in [1.82, 2.24) is 0 Å². The van der Waals surface area contributed by atoms with Gasteiger partial charge in [-0.05, 0) is 29.2 Å². The van der Waals surface area contributed by atoms with Gasteiger partial charge in [0.15, 0.2) is 0 Å². The van der Waals surface area contributed by atoms with Crippen LogP contribution >= 0.6 is 0 Å². The maximum atomic E-state index is 6.36. The minimum atomic E-state index is 0.173. The number of aryl methyl sites for hydroxylation is 1. The molecule has 3 aromatic carbocycles. The Kier molecular flexibility index (Phi) is 3.74. The number of para-hydroxylation sites is 1. The van der Waals surface area contributed by atoms with E-state index < -0.39 is 0 Å². The fourth-order valence-electron chi connectivity index (χ4n) is 2.80. The molecule has 0 saturated carbocycles. The molecule has 0 heterocycles. The summed E-state index contributed by atoms with van der Waals surface area (Å²) in [5.41, 5.74) is 12.1. The maximum Gasteiger partial charge on any atom is 0.0386 e. The van der Waals surface area contributed by atoms with Crippen LogP contribution in [0.3, 0.4) is 0 Å². The van der Waals surface area contributed by atoms with Crippen LogP contribution in [-0.4, -0.2) is 0 Å². The van der Waals surface area contributed by atoms with Gasteiger partial charge < -0.3 is 5.73 Å². The zero-order valence-electron chi connectivity index (χ0n) is 12.2. The monoisotopic (exact) mass is 273 g/mol. The van der Waals surface area contributed by atoms with Crippen molar-refractivity contribution in [1.29, 1.82) is 0 Å². The first kappa shape index (κ1) is 13.4. The Labute approximate surface area is 126 Å². The molecule has 0 spiro atoms. The summed E-state index contributed by atoms with van der Waals surface area (Å²) in [4.78, 5) is 0. The summed E-state index contributed by atoms with van der Waals surface area (Å²) < 4.78 is 0. The summed E-state index contributed by atoms with van der Waals surface area (Å²) >= 11 is 0. The quantitative estimate of drug-likeness (QED) is 0.540. The lowest BCUT2D eigenvalue weighted by molar-refractivity contribution is 0.978. The molecule has 1 nitrogen and oxygen atoms in total. The van der Waals surface area contributed by atoms with E-state index in [1.807, 2.05) is 12.1 Å². The van der Waals surface area contributed by atoms with Gasteiger partial charge in [0.2, 0.25) is 0 Å². The Morgan fingerprint density at radius 3 is 1.71 bits per heavy atom. The van der Waals surface area contributed by atoms with Crippen LogP contribution in [0.15, 0.2) is 78.9 Å². The Hall–Kier alpha value is -2.54. The minimum absolute atomic E-state index is 0.173. The van der Waals surface area contributed by atoms with Crippen molar-refractivity contribution in [2.75, 3.05) is 5.73 Å². The van der Waals surface area contributed by atoms with Crippen LogP contribution in [0.25, 0.3) is 0 Å². The SMILES string of the molecule is Cc1cccc(C(c2ccccc2)c2ccccc2)c1N. The number of nitrogen functional groups attached to an aromatic ring is 1. The van der Waals surface area contributed by atoms with Gasteiger partial charge in [-0.1, -0.05) is 78.9 Å². The van der Waals surface area contributed by atoms with Crippen molar-refractivity contribution in [3.63, 3.8) is 0 Å². The zero-order valence-corrected chi connectivity index (χ0v) is 12.2. The fraction of sp³-hybridized carbons (Fsp3) is 0.100. The summed E-state index contributed by atoms with van der Waals surface area (Å²) in [6, 6.07) is 27.4. The molecule has 0 fully saturated rings. The second kappa shape index (κ2) is 5.84. The van der Waals surface area contributed by atoms with Crippen LogP contribution in [0.1, 0.15) is 28.2 Å². The molecule has 0 bridgehead atoms. The van der Waals surface area contributed by atoms with Gasteiger partial charge in [-0.15, -0.1) is 0 Å². The first-order valence-corrected chi connectivity index (χ1v) is 7.22. The number of hydrogen-bond donors (Lipinski definition) is 1. The van der Waals surface area contributed by atoms with Gasteiger partial charge >= 0.3 is 0 Å². The summed E-state index contributed by atoms with van der Waals surface area (Å²) in [6.45, 7) is 2.06. The smallest absolute Gasteiger partial charge is 0.0386 e. The molecule has 21 heavy (non-hydrogen) atoms. The molecule has 1 heteroatoms. The Bertz CT molecular complexity index is 678. The molecule has 0 aliphatic carbocycles. The number of anilines is 1. The predicted molar refractivity (Wildman–Crippen MR) is 89.4 cm³/mol. The first-order valence-electron chi connectivity index (χ1n) is 7.22. The second-order valence-corrected chi connectivity index (χ2v) is 5.33. The molecule has 0 saturated heterocycles. The third-order valence-electron chi connectivity index (χ3n) is 3.93. The van der Waals surface area contributed by atoms with Crippen molar-refractivity contribution in [3.05, 3.63) is 101 Å². The van der Waals surface area contributed by atoms with Gasteiger partial charge in [0.25, 0.3) is 0 Å². The molecule has 0 radical (unpaired) electrons. The lowest BCUT2D eigenvalue weighted by Crippen LogP contribution is -2.07. The summed E-state index contributed by atoms with van der Waals surface area (Å²) in [6.07, 6.45) is 0. The molecule has 104 valence electrons. The van der Waals surface area contributed by atoms with Crippen LogP contribution in [0.5, 0.6) is 0 Å². The van der Waals surface area contributed by atoms with Crippen LogP contribution in [0.4, 0.5) is 5.69 Å². The van der Waals surface area contributed by atoms with E-state index in [9.17, 15) is 0 Å². The number of rotatable bonds is 3. The van der Waals surface area contributed by atoms with E-state index >= 15 is 0 Å². The number of benzene rings is 3. The van der Waals surface area contributed by atoms with E-state index in [2.05, 4.69) is 73.7 Å². The highest BCUT2D eigenvalue weighted by Crippen LogP contribution is 2.35. The molecule has 0 unspecified atom stereocenters. The van der Waals surface area contributed by atoms with Gasteiger partial charge in [-0.2, -0.15) is 0 Å². The van der Waals surface area contributed by atoms with Crippen molar-refractivity contribution in [3.8, 4) is 0 Å². The summed E-state index contributed by atoms with van der Waals surface area (Å²) in [5, 5.41) is 0. The highest BCUT2D eigenvalue weighted by Gasteiger charge is 2.19. The molecule has 3 aromatic rings. The lowest BCUT2D eigenvalue weighted by Gasteiger charge is -2.21. The molecule has 0 aliphatic heterocycles. The average Bonchev–Trinajstić information content (AvgIpc) is 2.54. The molecule has 0 aliphatic rings. The Morgan fingerprint density at radius 2 is 1.19 bits per heavy atom. The van der Waals surface area contributed by atoms with Crippen molar-refractivity contribution in [2.24, 2.45) is 0 Å². The molecular formula is C20H19N. The molecule has 0 amide bonds. The third kappa shape index (κ3) is 2.68. The van der Waals surface area contributed by atoms with E-state index in [0.717, 1.165) is 11.3 Å². The average molecular weight is 273 g/mol. The van der Waals surface area contributed by atoms with Crippen LogP contribution in [0, 0.1) is 6.92 Å². The van der Waals surface area contributed by atoms with Crippen LogP contribution < -0.4 is 5.73 Å². The fourth-order valence-corrected chi connectivity index (χ4v) is 2.80. The molecular weight excluding hydrogens is 254 g/mol. The van der Waals surface area contributed by atoms with Gasteiger partial charge in [0, 0.05) is 11.6 Å². The summed E-state index contributed by atoms with van der Waals surface area (Å²) in [5.74, 6) is 0.173. The molecule has 2 N–H and O–H groups in total. The maximum absolute atomic E-state index is 6.36. The van der Waals surface area contributed by atoms with Crippen molar-refractivity contribution in [2.45, 2.75) is 12.8 Å². The highest BCUT2D eigenvalue weighted by atomic mass is 14.6. The number of hydrogen-bond acceptors (Lipinski definition) is 1. The first-order chi connectivity index (χ1) is 10.3. The van der Waals surface area contributed by atoms with E-state index in [-0.39, 0.29) is 5.92 Å². The van der Waals surface area contributed by atoms with Gasteiger partial charge in [-0.3, -0.25) is 0 Å². The van der Waals surface area contributed by atoms with Crippen LogP contribution in [0.2, 0.25) is 0 Å². The molecule has 0 aromatic heterocycles. The largest absolute Gasteiger partial charge is 0.398 e. The van der Waals surface area contributed by atoms with Crippen molar-refractivity contribution < 1.29 is 0 Å². The summed E-state index contributed by atoms with van der Waals surface area (Å²) in [7, 11) is 0. The van der Waals surface area contributed by atoms with Gasteiger partial charge in [-0.25, -0.2) is 0 Å². The molecule has 0 atom stereocenters. The Balaban J connectivity index is 2.20.